The van der Waals surface area contributed by atoms with E-state index in [2.05, 4.69) is 29.9 Å². The summed E-state index contributed by atoms with van der Waals surface area (Å²) < 4.78 is 0. The van der Waals surface area contributed by atoms with Gasteiger partial charge >= 0.3 is 0 Å². The Labute approximate surface area is 183 Å². The number of aromatic nitrogens is 6. The molecule has 0 radical (unpaired) electrons. The van der Waals surface area contributed by atoms with Crippen LogP contribution >= 0.6 is 0 Å². The zero-order chi connectivity index (χ0) is 21.9. The van der Waals surface area contributed by atoms with Gasteiger partial charge in [-0.2, -0.15) is 10.5 Å². The molecule has 0 aliphatic carbocycles. The van der Waals surface area contributed by atoms with Gasteiger partial charge in [-0.15, -0.1) is 0 Å². The van der Waals surface area contributed by atoms with E-state index in [1.807, 2.05) is 73.1 Å². The number of nitrogens with zero attached hydrogens (tertiary/aromatic N) is 4. The van der Waals surface area contributed by atoms with Gasteiger partial charge in [0.2, 0.25) is 0 Å². The minimum atomic E-state index is 0.00457. The van der Waals surface area contributed by atoms with E-state index in [1.54, 1.807) is 0 Å². The smallest absolute Gasteiger partial charge is 0.177 e. The van der Waals surface area contributed by atoms with E-state index >= 15 is 0 Å². The van der Waals surface area contributed by atoms with E-state index in [0.717, 1.165) is 34.2 Å². The lowest BCUT2D eigenvalue weighted by atomic mass is 10.1. The van der Waals surface area contributed by atoms with Gasteiger partial charge in [0.15, 0.2) is 11.4 Å². The Kier molecular flexibility index (Phi) is 4.87. The van der Waals surface area contributed by atoms with Crippen molar-refractivity contribution in [2.24, 2.45) is 0 Å². The average molecular weight is 418 g/mol. The molecule has 0 aliphatic heterocycles. The zero-order valence-corrected chi connectivity index (χ0v) is 17.0. The second-order valence-electron chi connectivity index (χ2n) is 7.38. The molecule has 0 amide bonds. The fourth-order valence-electron chi connectivity index (χ4n) is 3.70. The molecule has 0 spiro atoms. The standard InChI is InChI=1S/C24H18N8/c25-13-21-22(14-26)32-24(20-8-6-18(30-20)12-16-4-2-10-28-16)23(31-21)19-7-5-17(29-19)11-15-3-1-9-27-15/h1-10,27-30H,11-12H2. The summed E-state index contributed by atoms with van der Waals surface area (Å²) in [6.45, 7) is 0. The monoisotopic (exact) mass is 418 g/mol. The van der Waals surface area contributed by atoms with Crippen LogP contribution in [0.25, 0.3) is 22.8 Å². The summed E-state index contributed by atoms with van der Waals surface area (Å²) in [5.74, 6) is 0. The van der Waals surface area contributed by atoms with Gasteiger partial charge in [-0.3, -0.25) is 0 Å². The van der Waals surface area contributed by atoms with Crippen molar-refractivity contribution in [2.75, 3.05) is 0 Å². The van der Waals surface area contributed by atoms with Crippen LogP contribution in [0.5, 0.6) is 0 Å². The number of rotatable bonds is 6. The minimum absolute atomic E-state index is 0.00457. The maximum absolute atomic E-state index is 9.48. The summed E-state index contributed by atoms with van der Waals surface area (Å²) >= 11 is 0. The number of nitriles is 2. The lowest BCUT2D eigenvalue weighted by Gasteiger charge is -2.07. The predicted molar refractivity (Wildman–Crippen MR) is 118 cm³/mol. The highest BCUT2D eigenvalue weighted by Gasteiger charge is 2.19. The third-order valence-corrected chi connectivity index (χ3v) is 5.20. The summed E-state index contributed by atoms with van der Waals surface area (Å²) in [7, 11) is 0. The number of hydrogen-bond donors (Lipinski definition) is 4. The van der Waals surface area contributed by atoms with E-state index < -0.39 is 0 Å². The molecule has 32 heavy (non-hydrogen) atoms. The summed E-state index contributed by atoms with van der Waals surface area (Å²) in [5, 5.41) is 19.0. The van der Waals surface area contributed by atoms with E-state index in [0.29, 0.717) is 24.2 Å². The van der Waals surface area contributed by atoms with E-state index in [1.165, 1.54) is 0 Å². The molecule has 0 unspecified atom stereocenters. The van der Waals surface area contributed by atoms with Crippen molar-refractivity contribution in [1.29, 1.82) is 10.5 Å². The molecule has 5 aromatic heterocycles. The maximum atomic E-state index is 9.48. The third kappa shape index (κ3) is 3.69. The number of nitrogens with one attached hydrogen (secondary N) is 4. The highest BCUT2D eigenvalue weighted by Crippen LogP contribution is 2.30. The van der Waals surface area contributed by atoms with Crippen molar-refractivity contribution in [3.8, 4) is 34.9 Å². The van der Waals surface area contributed by atoms with Crippen molar-refractivity contribution in [1.82, 2.24) is 29.9 Å². The number of hydrogen-bond acceptors (Lipinski definition) is 4. The Bertz CT molecular complexity index is 1330. The second kappa shape index (κ2) is 8.13. The van der Waals surface area contributed by atoms with E-state index in [-0.39, 0.29) is 11.4 Å². The van der Waals surface area contributed by atoms with Gasteiger partial charge in [0.05, 0.1) is 11.4 Å². The van der Waals surface area contributed by atoms with Crippen molar-refractivity contribution in [3.63, 3.8) is 0 Å². The molecule has 154 valence electrons. The second-order valence-corrected chi connectivity index (χ2v) is 7.38. The first-order chi connectivity index (χ1) is 15.7. The quantitative estimate of drug-likeness (QED) is 0.331. The van der Waals surface area contributed by atoms with Crippen molar-refractivity contribution < 1.29 is 0 Å². The Hall–Kier alpha value is -4.82. The van der Waals surface area contributed by atoms with E-state index in [4.69, 9.17) is 0 Å². The molecule has 4 N–H and O–H groups in total. The summed E-state index contributed by atoms with van der Waals surface area (Å²) in [6.07, 6.45) is 5.19. The van der Waals surface area contributed by atoms with Crippen LogP contribution in [0.3, 0.4) is 0 Å². The van der Waals surface area contributed by atoms with Gasteiger partial charge in [-0.05, 0) is 48.5 Å². The molecule has 0 aliphatic rings. The first kappa shape index (κ1) is 19.2. The van der Waals surface area contributed by atoms with Crippen LogP contribution in [0.15, 0.2) is 60.9 Å². The molecule has 0 bridgehead atoms. The molecule has 5 rings (SSSR count). The molecule has 0 aromatic carbocycles. The maximum Gasteiger partial charge on any atom is 0.177 e. The van der Waals surface area contributed by atoms with Crippen LogP contribution < -0.4 is 0 Å². The van der Waals surface area contributed by atoms with Crippen LogP contribution in [0.4, 0.5) is 0 Å². The molecule has 0 fully saturated rings. The lowest BCUT2D eigenvalue weighted by molar-refractivity contribution is 1.04. The van der Waals surface area contributed by atoms with Gasteiger partial charge in [-0.25, -0.2) is 9.97 Å². The largest absolute Gasteiger partial charge is 0.365 e. The summed E-state index contributed by atoms with van der Waals surface area (Å²) in [5.41, 5.74) is 6.68. The Morgan fingerprint density at radius 2 is 1.09 bits per heavy atom. The molecular weight excluding hydrogens is 400 g/mol. The molecule has 0 saturated heterocycles. The van der Waals surface area contributed by atoms with Crippen molar-refractivity contribution in [3.05, 3.63) is 95.1 Å². The van der Waals surface area contributed by atoms with Crippen LogP contribution in [0, 0.1) is 22.7 Å². The lowest BCUT2D eigenvalue weighted by Crippen LogP contribution is -2.02. The molecule has 5 heterocycles. The molecular formula is C24H18N8. The highest BCUT2D eigenvalue weighted by atomic mass is 14.9. The normalized spacial score (nSPS) is 10.7. The van der Waals surface area contributed by atoms with Crippen LogP contribution in [0.1, 0.15) is 34.2 Å². The molecule has 8 nitrogen and oxygen atoms in total. The zero-order valence-electron chi connectivity index (χ0n) is 17.0. The van der Waals surface area contributed by atoms with Gasteiger partial charge in [0, 0.05) is 48.0 Å². The van der Waals surface area contributed by atoms with Gasteiger partial charge in [-0.1, -0.05) is 0 Å². The molecule has 0 saturated carbocycles. The fourth-order valence-corrected chi connectivity index (χ4v) is 3.70. The van der Waals surface area contributed by atoms with Gasteiger partial charge in [0.1, 0.15) is 23.5 Å². The van der Waals surface area contributed by atoms with Crippen LogP contribution in [-0.2, 0) is 12.8 Å². The average Bonchev–Trinajstić information content (AvgIpc) is 3.62. The number of aromatic amines is 4. The Morgan fingerprint density at radius 1 is 0.625 bits per heavy atom. The number of H-pyrrole nitrogens is 4. The highest BCUT2D eigenvalue weighted by molar-refractivity contribution is 5.76. The van der Waals surface area contributed by atoms with Crippen LogP contribution in [0.2, 0.25) is 0 Å². The van der Waals surface area contributed by atoms with Crippen LogP contribution in [-0.4, -0.2) is 29.9 Å². The Morgan fingerprint density at radius 3 is 1.47 bits per heavy atom. The van der Waals surface area contributed by atoms with Gasteiger partial charge in [0.25, 0.3) is 0 Å². The summed E-state index contributed by atoms with van der Waals surface area (Å²) in [4.78, 5) is 22.1. The fraction of sp³-hybridized carbons (Fsp3) is 0.0833. The SMILES string of the molecule is N#Cc1nc(-c2ccc(Cc3ccc[nH]3)[nH]2)c(-c2ccc(Cc3ccc[nH]3)[nH]2)nc1C#N. The van der Waals surface area contributed by atoms with E-state index in [9.17, 15) is 10.5 Å². The topological polar surface area (TPSA) is 137 Å². The van der Waals surface area contributed by atoms with Gasteiger partial charge < -0.3 is 19.9 Å². The molecule has 5 aromatic rings. The Balaban J connectivity index is 1.55. The molecule has 8 heteroatoms. The molecule has 0 atom stereocenters. The minimum Gasteiger partial charge on any atom is -0.365 e. The third-order valence-electron chi connectivity index (χ3n) is 5.20. The van der Waals surface area contributed by atoms with Crippen molar-refractivity contribution in [2.45, 2.75) is 12.8 Å². The first-order valence-corrected chi connectivity index (χ1v) is 10.1. The first-order valence-electron chi connectivity index (χ1n) is 10.1. The van der Waals surface area contributed by atoms with Crippen molar-refractivity contribution >= 4 is 0 Å². The summed E-state index contributed by atoms with van der Waals surface area (Å²) in [6, 6.07) is 19.7. The predicted octanol–water partition coefficient (Wildman–Crippen LogP) is 4.05.